The standard InChI is InChI=1S/C32H41ClN2O6S/c1-40-30(21-4-2-6-25(15-21)42(34,38)39)26-10-7-23(26)17-35-18-32(13-3-5-20-14-24(33)9-11-27(20)32)19-41-29-12-8-22(31(36)37)16-28(29)35/h8-9,11-12,14,16,21,23,25-26,30H,2-7,10,13,15,17-19H2,1H3,(H,36,37)(H2,34,38,39)/t21-,23+,25-,26-,30?,32+/m1/s1. The number of hydrogen-bond acceptors (Lipinski definition) is 6. The average Bonchev–Trinajstić information content (AvgIpc) is 3.10. The van der Waals surface area contributed by atoms with Crippen molar-refractivity contribution in [2.75, 3.05) is 31.7 Å². The number of nitrogens with zero attached hydrogens (tertiary/aromatic N) is 1. The average molecular weight is 617 g/mol. The van der Waals surface area contributed by atoms with E-state index in [9.17, 15) is 18.3 Å². The number of carbonyl (C=O) groups is 1. The van der Waals surface area contributed by atoms with Crippen molar-refractivity contribution in [3.63, 3.8) is 0 Å². The number of fused-ring (bicyclic) bond motifs is 3. The summed E-state index contributed by atoms with van der Waals surface area (Å²) >= 11 is 6.39. The number of primary sulfonamides is 1. The normalized spacial score (nSPS) is 29.9. The number of halogens is 1. The molecule has 0 bridgehead atoms. The molecule has 6 atom stereocenters. The fourth-order valence-electron chi connectivity index (χ4n) is 8.28. The number of aromatic carboxylic acids is 1. The Morgan fingerprint density at radius 3 is 2.74 bits per heavy atom. The fraction of sp³-hybridized carbons (Fsp3) is 0.594. The Kier molecular flexibility index (Phi) is 8.24. The third-order valence-corrected chi connectivity index (χ3v) is 12.1. The van der Waals surface area contributed by atoms with Crippen LogP contribution in [0.25, 0.3) is 0 Å². The molecule has 8 nitrogen and oxygen atoms in total. The van der Waals surface area contributed by atoms with Gasteiger partial charge in [-0.2, -0.15) is 0 Å². The van der Waals surface area contributed by atoms with Gasteiger partial charge >= 0.3 is 5.97 Å². The Hall–Kier alpha value is -2.33. The van der Waals surface area contributed by atoms with Crippen molar-refractivity contribution in [1.29, 1.82) is 0 Å². The Balaban J connectivity index is 1.31. The van der Waals surface area contributed by atoms with E-state index in [0.29, 0.717) is 37.0 Å². The minimum absolute atomic E-state index is 0.0344. The monoisotopic (exact) mass is 616 g/mol. The van der Waals surface area contributed by atoms with E-state index >= 15 is 0 Å². The number of sulfonamides is 1. The van der Waals surface area contributed by atoms with Crippen molar-refractivity contribution in [1.82, 2.24) is 0 Å². The molecule has 2 aromatic rings. The van der Waals surface area contributed by atoms with E-state index in [4.69, 9.17) is 26.2 Å². The number of aryl methyl sites for hydroxylation is 1. The molecule has 0 radical (unpaired) electrons. The molecule has 1 unspecified atom stereocenters. The highest BCUT2D eigenvalue weighted by atomic mass is 35.5. The van der Waals surface area contributed by atoms with Gasteiger partial charge in [-0.05, 0) is 111 Å². The quantitative estimate of drug-likeness (QED) is 0.427. The zero-order valence-electron chi connectivity index (χ0n) is 24.1. The predicted octanol–water partition coefficient (Wildman–Crippen LogP) is 5.40. The first-order valence-corrected chi connectivity index (χ1v) is 17.1. The molecule has 2 fully saturated rings. The van der Waals surface area contributed by atoms with E-state index in [2.05, 4.69) is 17.0 Å². The minimum atomic E-state index is -3.58. The summed E-state index contributed by atoms with van der Waals surface area (Å²) in [6.07, 6.45) is 7.97. The number of hydrogen-bond donors (Lipinski definition) is 2. The van der Waals surface area contributed by atoms with Gasteiger partial charge in [0.15, 0.2) is 0 Å². The zero-order chi connectivity index (χ0) is 29.6. The van der Waals surface area contributed by atoms with Crippen LogP contribution in [0.3, 0.4) is 0 Å². The maximum Gasteiger partial charge on any atom is 0.335 e. The first kappa shape index (κ1) is 29.7. The summed E-state index contributed by atoms with van der Waals surface area (Å²) in [5.74, 6) is 0.523. The molecule has 10 heteroatoms. The summed E-state index contributed by atoms with van der Waals surface area (Å²) in [4.78, 5) is 14.3. The van der Waals surface area contributed by atoms with Crippen LogP contribution in [0.15, 0.2) is 36.4 Å². The van der Waals surface area contributed by atoms with Crippen LogP contribution in [-0.2, 0) is 26.6 Å². The van der Waals surface area contributed by atoms with Crippen LogP contribution in [0.4, 0.5) is 5.69 Å². The highest BCUT2D eigenvalue weighted by Crippen LogP contribution is 2.48. The minimum Gasteiger partial charge on any atom is -0.490 e. The van der Waals surface area contributed by atoms with Gasteiger partial charge in [0.05, 0.1) is 29.2 Å². The van der Waals surface area contributed by atoms with Crippen LogP contribution < -0.4 is 14.8 Å². The van der Waals surface area contributed by atoms with Crippen molar-refractivity contribution < 1.29 is 27.8 Å². The number of carboxylic acids is 1. The molecular formula is C32H41ClN2O6S. The van der Waals surface area contributed by atoms with Crippen molar-refractivity contribution in [3.05, 3.63) is 58.1 Å². The van der Waals surface area contributed by atoms with Crippen LogP contribution in [0, 0.1) is 17.8 Å². The van der Waals surface area contributed by atoms with Crippen LogP contribution in [0.2, 0.25) is 5.02 Å². The SMILES string of the molecule is COC([C@@H]1CCC[C@@H](S(N)(=O)=O)C1)[C@@H]1CC[C@H]1CN1C[C@@]2(CCCc3cc(Cl)ccc32)COc2ccc(C(=O)O)cc21. The topological polar surface area (TPSA) is 119 Å². The maximum atomic E-state index is 12.2. The second kappa shape index (κ2) is 11.6. The van der Waals surface area contributed by atoms with Crippen LogP contribution >= 0.6 is 11.6 Å². The molecule has 2 saturated carbocycles. The lowest BCUT2D eigenvalue weighted by Gasteiger charge is -2.48. The van der Waals surface area contributed by atoms with Gasteiger partial charge in [0.25, 0.3) is 0 Å². The predicted molar refractivity (Wildman–Crippen MR) is 163 cm³/mol. The summed E-state index contributed by atoms with van der Waals surface area (Å²) in [6, 6.07) is 11.3. The van der Waals surface area contributed by atoms with Crippen LogP contribution in [0.5, 0.6) is 5.75 Å². The lowest BCUT2D eigenvalue weighted by molar-refractivity contribution is -0.0588. The zero-order valence-corrected chi connectivity index (χ0v) is 25.7. The lowest BCUT2D eigenvalue weighted by atomic mass is 9.65. The van der Waals surface area contributed by atoms with Gasteiger partial charge in [-0.1, -0.05) is 24.1 Å². The van der Waals surface area contributed by atoms with Crippen LogP contribution in [-0.4, -0.2) is 57.7 Å². The largest absolute Gasteiger partial charge is 0.490 e. The molecule has 0 saturated heterocycles. The Bertz CT molecular complexity index is 1450. The van der Waals surface area contributed by atoms with E-state index in [1.807, 2.05) is 6.07 Å². The molecule has 6 rings (SSSR count). The van der Waals surface area contributed by atoms with Gasteiger partial charge in [0, 0.05) is 30.6 Å². The van der Waals surface area contributed by atoms with Gasteiger partial charge in [0.1, 0.15) is 5.75 Å². The van der Waals surface area contributed by atoms with Crippen molar-refractivity contribution in [2.45, 2.75) is 74.6 Å². The smallest absolute Gasteiger partial charge is 0.335 e. The number of rotatable bonds is 7. The highest BCUT2D eigenvalue weighted by Gasteiger charge is 2.46. The van der Waals surface area contributed by atoms with E-state index in [-0.39, 0.29) is 23.0 Å². The molecule has 1 aliphatic heterocycles. The number of methoxy groups -OCH3 is 1. The summed E-state index contributed by atoms with van der Waals surface area (Å²) < 4.78 is 37.0. The number of ether oxygens (including phenoxy) is 2. The molecule has 3 aliphatic carbocycles. The number of anilines is 1. The van der Waals surface area contributed by atoms with Crippen molar-refractivity contribution >= 4 is 33.3 Å². The molecule has 3 N–H and O–H groups in total. The van der Waals surface area contributed by atoms with Crippen molar-refractivity contribution in [2.24, 2.45) is 22.9 Å². The van der Waals surface area contributed by atoms with Gasteiger partial charge in [0.2, 0.25) is 10.0 Å². The number of nitrogens with two attached hydrogens (primary N) is 1. The molecule has 228 valence electrons. The highest BCUT2D eigenvalue weighted by molar-refractivity contribution is 7.89. The summed E-state index contributed by atoms with van der Waals surface area (Å²) in [7, 11) is -1.83. The summed E-state index contributed by atoms with van der Waals surface area (Å²) in [5, 5.41) is 15.6. The van der Waals surface area contributed by atoms with E-state index < -0.39 is 21.2 Å². The molecule has 42 heavy (non-hydrogen) atoms. The summed E-state index contributed by atoms with van der Waals surface area (Å²) in [6.45, 7) is 1.98. The number of carboxylic acid groups (broad SMARTS) is 1. The third-order valence-electron chi connectivity index (χ3n) is 10.5. The maximum absolute atomic E-state index is 12.2. The Labute approximate surface area is 253 Å². The molecule has 1 spiro atoms. The lowest BCUT2D eigenvalue weighted by Crippen LogP contribution is -2.51. The second-order valence-corrected chi connectivity index (χ2v) is 15.2. The van der Waals surface area contributed by atoms with Gasteiger partial charge in [-0.25, -0.2) is 18.4 Å². The molecule has 1 heterocycles. The van der Waals surface area contributed by atoms with E-state index in [0.717, 1.165) is 68.7 Å². The summed E-state index contributed by atoms with van der Waals surface area (Å²) in [5.41, 5.74) is 3.35. The molecule has 0 aromatic heterocycles. The van der Waals surface area contributed by atoms with Crippen LogP contribution in [0.1, 0.15) is 72.9 Å². The molecular weight excluding hydrogens is 576 g/mol. The fourth-order valence-corrected chi connectivity index (χ4v) is 9.48. The van der Waals surface area contributed by atoms with Gasteiger partial charge < -0.3 is 19.5 Å². The molecule has 0 amide bonds. The number of benzene rings is 2. The first-order valence-electron chi connectivity index (χ1n) is 15.2. The molecule has 4 aliphatic rings. The second-order valence-electron chi connectivity index (χ2n) is 12.9. The van der Waals surface area contributed by atoms with Gasteiger partial charge in [-0.15, -0.1) is 0 Å². The Morgan fingerprint density at radius 2 is 2.02 bits per heavy atom. The van der Waals surface area contributed by atoms with E-state index in [1.54, 1.807) is 25.3 Å². The Morgan fingerprint density at radius 1 is 1.19 bits per heavy atom. The van der Waals surface area contributed by atoms with E-state index in [1.165, 1.54) is 11.1 Å². The van der Waals surface area contributed by atoms with Gasteiger partial charge in [-0.3, -0.25) is 0 Å². The third kappa shape index (κ3) is 5.65. The molecule has 2 aromatic carbocycles. The first-order chi connectivity index (χ1) is 20.1. The van der Waals surface area contributed by atoms with Crippen molar-refractivity contribution in [3.8, 4) is 5.75 Å².